The van der Waals surface area contributed by atoms with E-state index in [0.29, 0.717) is 37.0 Å². The summed E-state index contributed by atoms with van der Waals surface area (Å²) in [6.45, 7) is 38.8. The first-order chi connectivity index (χ1) is 71.2. The van der Waals surface area contributed by atoms with Crippen LogP contribution in [0, 0.1) is 25.5 Å². The number of hydrogen-bond acceptors (Lipinski definition) is 13. The predicted octanol–water partition coefficient (Wildman–Crippen LogP) is 35.1. The highest BCUT2D eigenvalue weighted by molar-refractivity contribution is 7.98. The third-order valence-electron chi connectivity index (χ3n) is 21.6. The molecule has 0 amide bonds. The number of alkyl halides is 3. The zero-order valence-electron chi connectivity index (χ0n) is 90.6. The molecule has 0 spiro atoms. The first kappa shape index (κ1) is 129. The van der Waals surface area contributed by atoms with Gasteiger partial charge in [0, 0.05) is 49.3 Å². The molecule has 0 radical (unpaired) electrons. The predicted molar refractivity (Wildman–Crippen MR) is 612 cm³/mol. The number of aryl methyl sites for hydroxylation is 5. The van der Waals surface area contributed by atoms with Crippen LogP contribution in [0.3, 0.4) is 0 Å². The van der Waals surface area contributed by atoms with Gasteiger partial charge in [0.05, 0.1) is 63.8 Å². The Kier molecular flexibility index (Phi) is 72.4. The van der Waals surface area contributed by atoms with Crippen LogP contribution in [0.2, 0.25) is 0 Å². The van der Waals surface area contributed by atoms with E-state index in [9.17, 15) is 35.2 Å². The van der Waals surface area contributed by atoms with E-state index in [4.69, 9.17) is 28.4 Å². The number of nitrogens with zero attached hydrogens (tertiary/aromatic N) is 4. The minimum atomic E-state index is -4.22. The quantitative estimate of drug-likeness (QED) is 0.0204. The van der Waals surface area contributed by atoms with Gasteiger partial charge in [-0.15, -0.1) is 0 Å². The van der Waals surface area contributed by atoms with Crippen LogP contribution in [0.4, 0.5) is 22.0 Å². The Hall–Kier alpha value is -11.8. The summed E-state index contributed by atoms with van der Waals surface area (Å²) >= 11 is 3.79. The average Bonchev–Trinajstić information content (AvgIpc) is 1.68. The second-order valence-electron chi connectivity index (χ2n) is 34.5. The van der Waals surface area contributed by atoms with E-state index < -0.39 is 21.6 Å². The minimum Gasteiger partial charge on any atom is -0.497 e. The maximum absolute atomic E-state index is 13.0. The number of carbonyl (C=O) groups is 1. The van der Waals surface area contributed by atoms with Crippen molar-refractivity contribution in [3.8, 4) is 28.7 Å². The van der Waals surface area contributed by atoms with Crippen molar-refractivity contribution in [2.24, 2.45) is 0 Å². The van der Waals surface area contributed by atoms with E-state index in [0.717, 1.165) is 177 Å². The normalized spacial score (nSPS) is 10.5. The van der Waals surface area contributed by atoms with Crippen molar-refractivity contribution < 1.29 is 63.6 Å². The molecular formula is C126H167F5N4O9S3. The molecule has 798 valence electrons. The zero-order valence-corrected chi connectivity index (χ0v) is 93.1. The van der Waals surface area contributed by atoms with E-state index in [1.54, 1.807) is 49.5 Å². The standard InChI is InChI=1S/C12H14N2.C11H15FO.C11H12N2O.C11H16O2S.C11H16O2.C11H16O.C10H11F3.C10H13FS.C10H14O2.C10H14S.C10H14.C9H12/c1-2-11-4-6-12(7-5-11)10-14-9-3-8-13-14;1-2-3-4-9-13-11-7-5-10(12)6-8-11;1-3-10(14)9-7-13-5-4-8(2)6-11(13)12-9;1-2-3-9-14(12,13)10-11-7-5-4-6-8-11;1-3-9-13-11-7-5-10(6-8-11)12-4-2;1-3-4-8-12-11-7-5-6-10(2)9-11;1-2-3-8-4-6-9(7-5-8)10(11,12)13;1-2-7-12-8-9-5-3-4-6-10(9)11;1-3-12-8-9-4-6-10(11-2)7-5-9;1-2-8-11-9-10-6-4-3-5-7-10;1-3-9(2)10-7-5-4-6-8-10;1-2-6-9-7-4-3-5-8-9/h3-9H,2,10H2,1H3;5-8H,2-4,9H2,1H3;4-7H,3H2,1-2H3;4-8H,2-3,9-10H2,1H3;5-8H,3-4,9H2,1-2H3;5-7,9H,3-4,8H2,1-2H3;4-7H,2-3H2,1H3;3-6H,2,7-8H2,1H3;4-7H,3,8H2,1-2H3;3-7H,2,8-9H2,1H3;4-9H,3H2,1-2H3;3-5,7-8H,2,6H2,1H3. The molecular weight excluding hydrogens is 1900 g/mol. The van der Waals surface area contributed by atoms with E-state index in [1.165, 1.54) is 120 Å². The molecule has 0 saturated carbocycles. The number of aromatic nitrogens is 4. The van der Waals surface area contributed by atoms with E-state index in [-0.39, 0.29) is 23.2 Å². The molecule has 0 N–H and O–H groups in total. The third-order valence-corrected chi connectivity index (χ3v) is 25.8. The summed E-state index contributed by atoms with van der Waals surface area (Å²) in [5, 5.41) is 4.17. The van der Waals surface area contributed by atoms with Crippen LogP contribution >= 0.6 is 23.5 Å². The molecule has 21 heteroatoms. The van der Waals surface area contributed by atoms with Crippen molar-refractivity contribution >= 4 is 44.8 Å². The lowest BCUT2D eigenvalue weighted by molar-refractivity contribution is -0.137. The number of carbonyl (C=O) groups excluding carboxylic acids is 1. The topological polar surface area (TPSA) is 142 Å². The van der Waals surface area contributed by atoms with Crippen molar-refractivity contribution in [3.05, 3.63) is 418 Å². The average molecular weight is 2070 g/mol. The Morgan fingerprint density at radius 1 is 0.435 bits per heavy atom. The highest BCUT2D eigenvalue weighted by atomic mass is 32.2. The van der Waals surface area contributed by atoms with E-state index in [2.05, 4.69) is 207 Å². The lowest BCUT2D eigenvalue weighted by atomic mass is 9.99. The number of fused-ring (bicyclic) bond motifs is 1. The van der Waals surface area contributed by atoms with Gasteiger partial charge in [0.2, 0.25) is 0 Å². The first-order valence-corrected chi connectivity index (χ1v) is 56.4. The number of halogens is 5. The van der Waals surface area contributed by atoms with Crippen LogP contribution in [-0.2, 0) is 70.4 Å². The number of ketones is 1. The van der Waals surface area contributed by atoms with Crippen LogP contribution in [0.15, 0.2) is 334 Å². The van der Waals surface area contributed by atoms with Crippen molar-refractivity contribution in [1.29, 1.82) is 0 Å². The van der Waals surface area contributed by atoms with E-state index in [1.807, 2.05) is 196 Å². The van der Waals surface area contributed by atoms with Gasteiger partial charge in [-0.1, -0.05) is 322 Å². The number of Topliss-reactive ketones (excluding diaryl/α,β-unsaturated/α-hetero) is 1. The largest absolute Gasteiger partial charge is 0.497 e. The Balaban J connectivity index is 0.000000413. The number of imidazole rings is 1. The van der Waals surface area contributed by atoms with Crippen LogP contribution < -0.4 is 23.7 Å². The highest BCUT2D eigenvalue weighted by Crippen LogP contribution is 2.30. The van der Waals surface area contributed by atoms with Gasteiger partial charge >= 0.3 is 6.18 Å². The summed E-state index contributed by atoms with van der Waals surface area (Å²) in [7, 11) is -1.23. The molecule has 0 bridgehead atoms. The smallest absolute Gasteiger partial charge is 0.416 e. The number of pyridine rings is 1. The molecule has 1 atom stereocenters. The van der Waals surface area contributed by atoms with Gasteiger partial charge in [0.1, 0.15) is 51.7 Å². The summed E-state index contributed by atoms with van der Waals surface area (Å²) < 4.78 is 121. The molecule has 0 aliphatic heterocycles. The first-order valence-electron chi connectivity index (χ1n) is 52.3. The lowest BCUT2D eigenvalue weighted by Crippen LogP contribution is -2.08. The molecule has 0 aliphatic rings. The van der Waals surface area contributed by atoms with Gasteiger partial charge in [-0.2, -0.15) is 41.8 Å². The molecule has 0 fully saturated rings. The second-order valence-corrected chi connectivity index (χ2v) is 38.9. The highest BCUT2D eigenvalue weighted by Gasteiger charge is 2.30. The van der Waals surface area contributed by atoms with Crippen LogP contribution in [0.1, 0.15) is 270 Å². The number of rotatable bonds is 42. The SMILES string of the molecule is CCC(=O)c1cn2ccc(C)cc2n1.CCC(C)c1ccccc1.CCCCCOc1ccc(F)cc1.CCCCOc1cccc(C)c1.CCCCS(=O)(=O)Cc1ccccc1.CCCOc1ccc(OCC)cc1.CCCSCc1ccccc1.CCCSCc1ccccc1F.CCCc1ccc(C(F)(F)F)cc1.CCCc1ccccc1.CCOCc1ccc(OC)cc1.CCc1ccc(Cn2cccn2)cc1. The summed E-state index contributed by atoms with van der Waals surface area (Å²) in [5.41, 5.74) is 14.1. The number of unbranched alkanes of at least 4 members (excludes halogenated alkanes) is 4. The molecule has 3 aromatic heterocycles. The molecule has 1 unspecified atom stereocenters. The fourth-order valence-corrected chi connectivity index (χ4v) is 16.5. The Morgan fingerprint density at radius 3 is 1.46 bits per heavy atom. The molecule has 147 heavy (non-hydrogen) atoms. The van der Waals surface area contributed by atoms with Crippen LogP contribution in [-0.4, -0.2) is 90.8 Å². The van der Waals surface area contributed by atoms with Crippen molar-refractivity contribution in [2.75, 3.05) is 57.4 Å². The van der Waals surface area contributed by atoms with Gasteiger partial charge in [-0.05, 0) is 280 Å². The minimum absolute atomic E-state index is 0.0823. The maximum atomic E-state index is 13.0. The van der Waals surface area contributed by atoms with Crippen LogP contribution in [0.5, 0.6) is 28.7 Å². The number of benzene rings is 11. The number of sulfone groups is 1. The van der Waals surface area contributed by atoms with Gasteiger partial charge < -0.3 is 32.8 Å². The van der Waals surface area contributed by atoms with Gasteiger partial charge in [-0.3, -0.25) is 9.48 Å². The maximum Gasteiger partial charge on any atom is 0.416 e. The Bertz CT molecular complexity index is 5640. The van der Waals surface area contributed by atoms with Gasteiger partial charge in [0.25, 0.3) is 0 Å². The Morgan fingerprint density at radius 2 is 0.939 bits per heavy atom. The Labute approximate surface area is 888 Å². The van der Waals surface area contributed by atoms with Crippen molar-refractivity contribution in [3.63, 3.8) is 0 Å². The molecule has 14 aromatic rings. The van der Waals surface area contributed by atoms with Gasteiger partial charge in [-0.25, -0.2) is 22.2 Å². The third kappa shape index (κ3) is 62.9. The molecule has 0 aliphatic carbocycles. The summed E-state index contributed by atoms with van der Waals surface area (Å²) in [5.74, 6) is 9.73. The van der Waals surface area contributed by atoms with E-state index >= 15 is 0 Å². The fourth-order valence-electron chi connectivity index (χ4n) is 13.1. The second kappa shape index (κ2) is 82.2. The van der Waals surface area contributed by atoms with Gasteiger partial charge in [0.15, 0.2) is 15.6 Å². The monoisotopic (exact) mass is 2070 g/mol. The molecule has 11 aromatic carbocycles. The molecule has 0 saturated heterocycles. The molecule has 14 rings (SSSR count). The summed E-state index contributed by atoms with van der Waals surface area (Å²) in [6, 6.07) is 98.0. The molecule has 13 nitrogen and oxygen atoms in total. The zero-order chi connectivity index (χ0) is 108. The summed E-state index contributed by atoms with van der Waals surface area (Å²) in [6.07, 6.45) is 21.2. The number of ether oxygens (including phenoxy) is 6. The number of hydrogen-bond donors (Lipinski definition) is 0. The summed E-state index contributed by atoms with van der Waals surface area (Å²) in [4.78, 5) is 15.6. The lowest BCUT2D eigenvalue weighted by Gasteiger charge is -2.06. The molecule has 3 heterocycles. The van der Waals surface area contributed by atoms with Crippen molar-refractivity contribution in [2.45, 2.75) is 262 Å². The van der Waals surface area contributed by atoms with Crippen molar-refractivity contribution in [1.82, 2.24) is 19.2 Å². The fraction of sp³-hybridized carbons (Fsp3) is 0.389. The van der Waals surface area contributed by atoms with Crippen LogP contribution in [0.25, 0.3) is 5.65 Å². The number of thioether (sulfide) groups is 2. The number of methoxy groups -OCH3 is 1.